The normalized spacial score (nSPS) is 37.1. The first-order chi connectivity index (χ1) is 6.33. The van der Waals surface area contributed by atoms with Gasteiger partial charge in [0.1, 0.15) is 0 Å². The van der Waals surface area contributed by atoms with Gasteiger partial charge in [0, 0.05) is 6.04 Å². The lowest BCUT2D eigenvalue weighted by molar-refractivity contribution is 0.326. The Morgan fingerprint density at radius 2 is 2.31 bits per heavy atom. The third kappa shape index (κ3) is 1.03. The van der Waals surface area contributed by atoms with E-state index >= 15 is 0 Å². The van der Waals surface area contributed by atoms with Crippen molar-refractivity contribution in [1.82, 2.24) is 15.5 Å². The number of nitrogen functional groups attached to an aromatic ring is 1. The molecule has 1 aromatic heterocycles. The van der Waals surface area contributed by atoms with Gasteiger partial charge in [0.25, 0.3) is 0 Å². The molecule has 5 heteroatoms. The van der Waals surface area contributed by atoms with Gasteiger partial charge in [-0.1, -0.05) is 5.10 Å². The number of hydrogen-bond acceptors (Lipinski definition) is 5. The fourth-order valence-electron chi connectivity index (χ4n) is 2.51. The lowest BCUT2D eigenvalue weighted by atomic mass is 10.0. The first-order valence-electron chi connectivity index (χ1n) is 4.68. The summed E-state index contributed by atoms with van der Waals surface area (Å²) in [6, 6.07) is 1.08. The summed E-state index contributed by atoms with van der Waals surface area (Å²) in [5.41, 5.74) is 5.38. The number of nitrogens with zero attached hydrogens (tertiary/aromatic N) is 2. The molecule has 70 valence electrons. The predicted octanol–water partition coefficient (Wildman–Crippen LogP) is 0.465. The number of hydrogen-bond donors (Lipinski definition) is 2. The summed E-state index contributed by atoms with van der Waals surface area (Å²) in [6.45, 7) is 0. The maximum Gasteiger partial charge on any atom is 0.312 e. The second kappa shape index (κ2) is 2.45. The van der Waals surface area contributed by atoms with E-state index in [4.69, 9.17) is 10.2 Å². The fraction of sp³-hybridized carbons (Fsp3) is 0.750. The van der Waals surface area contributed by atoms with E-state index < -0.39 is 0 Å². The Bertz CT molecular complexity index is 324. The quantitative estimate of drug-likeness (QED) is 0.656. The Kier molecular flexibility index (Phi) is 1.38. The first kappa shape index (κ1) is 7.32. The van der Waals surface area contributed by atoms with Crippen LogP contribution in [0.25, 0.3) is 0 Å². The molecule has 0 aromatic carbocycles. The number of fused-ring (bicyclic) bond motifs is 2. The maximum atomic E-state index is 5.38. The Hall–Kier alpha value is -1.10. The standard InChI is InChI=1S/C8H12N4O/c9-8-12-11-7(13-8)6-4-1-2-5(3-4)10-6/h4-6,10H,1-3H2,(H2,9,12). The molecule has 2 fully saturated rings. The van der Waals surface area contributed by atoms with Crippen LogP contribution in [0, 0.1) is 5.92 Å². The van der Waals surface area contributed by atoms with Crippen molar-refractivity contribution in [2.24, 2.45) is 5.92 Å². The number of nitrogens with two attached hydrogens (primary N) is 1. The molecule has 3 N–H and O–H groups in total. The molecule has 1 saturated heterocycles. The van der Waals surface area contributed by atoms with Gasteiger partial charge in [0.15, 0.2) is 0 Å². The average molecular weight is 180 g/mol. The van der Waals surface area contributed by atoms with Crippen LogP contribution in [0.2, 0.25) is 0 Å². The summed E-state index contributed by atoms with van der Waals surface area (Å²) in [6.07, 6.45) is 3.79. The lowest BCUT2D eigenvalue weighted by Gasteiger charge is -2.19. The van der Waals surface area contributed by atoms with Crippen molar-refractivity contribution in [1.29, 1.82) is 0 Å². The highest BCUT2D eigenvalue weighted by Gasteiger charge is 2.42. The van der Waals surface area contributed by atoms with Crippen molar-refractivity contribution in [3.8, 4) is 0 Å². The van der Waals surface area contributed by atoms with Crippen LogP contribution in [0.15, 0.2) is 4.42 Å². The summed E-state index contributed by atoms with van der Waals surface area (Å²) < 4.78 is 5.21. The van der Waals surface area contributed by atoms with E-state index in [1.807, 2.05) is 0 Å². The van der Waals surface area contributed by atoms with Crippen molar-refractivity contribution in [2.45, 2.75) is 31.3 Å². The minimum atomic E-state index is 0.166. The Balaban J connectivity index is 1.87. The summed E-state index contributed by atoms with van der Waals surface area (Å²) in [5, 5.41) is 11.0. The molecule has 3 unspecified atom stereocenters. The van der Waals surface area contributed by atoms with Gasteiger partial charge in [-0.15, -0.1) is 5.10 Å². The molecule has 3 rings (SSSR count). The Morgan fingerprint density at radius 3 is 2.85 bits per heavy atom. The minimum Gasteiger partial charge on any atom is -0.407 e. The summed E-state index contributed by atoms with van der Waals surface area (Å²) >= 11 is 0. The second-order valence-corrected chi connectivity index (χ2v) is 3.89. The number of nitrogens with one attached hydrogen (secondary N) is 1. The minimum absolute atomic E-state index is 0.166. The summed E-state index contributed by atoms with van der Waals surface area (Å²) in [4.78, 5) is 0. The highest BCUT2D eigenvalue weighted by atomic mass is 16.4. The predicted molar refractivity (Wildman–Crippen MR) is 45.7 cm³/mol. The van der Waals surface area contributed by atoms with Gasteiger partial charge >= 0.3 is 6.01 Å². The van der Waals surface area contributed by atoms with Gasteiger partial charge < -0.3 is 15.5 Å². The van der Waals surface area contributed by atoms with Crippen LogP contribution < -0.4 is 11.1 Å². The Morgan fingerprint density at radius 1 is 1.38 bits per heavy atom. The van der Waals surface area contributed by atoms with Crippen LogP contribution in [-0.2, 0) is 0 Å². The molecule has 5 nitrogen and oxygen atoms in total. The first-order valence-corrected chi connectivity index (χ1v) is 4.68. The maximum absolute atomic E-state index is 5.38. The van der Waals surface area contributed by atoms with E-state index in [1.165, 1.54) is 19.3 Å². The summed E-state index contributed by atoms with van der Waals surface area (Å²) in [7, 11) is 0. The van der Waals surface area contributed by atoms with Crippen molar-refractivity contribution >= 4 is 6.01 Å². The molecule has 0 amide bonds. The van der Waals surface area contributed by atoms with Crippen molar-refractivity contribution in [3.05, 3.63) is 5.89 Å². The van der Waals surface area contributed by atoms with Crippen LogP contribution in [0.3, 0.4) is 0 Å². The Labute approximate surface area is 75.7 Å². The van der Waals surface area contributed by atoms with E-state index in [0.717, 1.165) is 0 Å². The largest absolute Gasteiger partial charge is 0.407 e. The molecule has 0 spiro atoms. The zero-order chi connectivity index (χ0) is 8.84. The highest BCUT2D eigenvalue weighted by Crippen LogP contribution is 2.42. The zero-order valence-electron chi connectivity index (χ0n) is 7.23. The van der Waals surface area contributed by atoms with Gasteiger partial charge in [0.2, 0.25) is 5.89 Å². The van der Waals surface area contributed by atoms with E-state index in [0.29, 0.717) is 17.9 Å². The molecular formula is C8H12N4O. The van der Waals surface area contributed by atoms with Gasteiger partial charge in [-0.05, 0) is 25.2 Å². The van der Waals surface area contributed by atoms with Crippen LogP contribution in [0.4, 0.5) is 6.01 Å². The third-order valence-electron chi connectivity index (χ3n) is 3.08. The van der Waals surface area contributed by atoms with Crippen molar-refractivity contribution in [2.75, 3.05) is 5.73 Å². The molecule has 1 aliphatic heterocycles. The third-order valence-corrected chi connectivity index (χ3v) is 3.08. The molecule has 2 heterocycles. The van der Waals surface area contributed by atoms with E-state index in [-0.39, 0.29) is 12.1 Å². The summed E-state index contributed by atoms with van der Waals surface area (Å²) in [5.74, 6) is 1.33. The lowest BCUT2D eigenvalue weighted by Crippen LogP contribution is -2.28. The molecule has 2 aliphatic rings. The molecule has 3 atom stereocenters. The average Bonchev–Trinajstić information content (AvgIpc) is 2.77. The molecule has 0 radical (unpaired) electrons. The van der Waals surface area contributed by atoms with Gasteiger partial charge in [-0.25, -0.2) is 0 Å². The number of anilines is 1. The smallest absolute Gasteiger partial charge is 0.312 e. The molecule has 2 bridgehead atoms. The van der Waals surface area contributed by atoms with E-state index in [2.05, 4.69) is 15.5 Å². The SMILES string of the molecule is Nc1nnc(C2NC3CCC2C3)o1. The monoisotopic (exact) mass is 180 g/mol. The molecule has 13 heavy (non-hydrogen) atoms. The molecular weight excluding hydrogens is 168 g/mol. The van der Waals surface area contributed by atoms with Crippen LogP contribution in [-0.4, -0.2) is 16.2 Å². The van der Waals surface area contributed by atoms with Gasteiger partial charge in [0.05, 0.1) is 6.04 Å². The number of aromatic nitrogens is 2. The zero-order valence-corrected chi connectivity index (χ0v) is 7.23. The number of piperidine rings is 1. The molecule has 1 aromatic rings. The van der Waals surface area contributed by atoms with Crippen LogP contribution in [0.5, 0.6) is 0 Å². The van der Waals surface area contributed by atoms with Crippen LogP contribution >= 0.6 is 0 Å². The van der Waals surface area contributed by atoms with Gasteiger partial charge in [-0.2, -0.15) is 0 Å². The molecule has 1 aliphatic carbocycles. The second-order valence-electron chi connectivity index (χ2n) is 3.89. The number of rotatable bonds is 1. The van der Waals surface area contributed by atoms with Gasteiger partial charge in [-0.3, -0.25) is 0 Å². The highest BCUT2D eigenvalue weighted by molar-refractivity contribution is 5.10. The fourth-order valence-corrected chi connectivity index (χ4v) is 2.51. The van der Waals surface area contributed by atoms with Crippen LogP contribution in [0.1, 0.15) is 31.2 Å². The van der Waals surface area contributed by atoms with E-state index in [9.17, 15) is 0 Å². The van der Waals surface area contributed by atoms with E-state index in [1.54, 1.807) is 0 Å². The molecule has 1 saturated carbocycles. The van der Waals surface area contributed by atoms with Crippen molar-refractivity contribution < 1.29 is 4.42 Å². The van der Waals surface area contributed by atoms with Crippen molar-refractivity contribution in [3.63, 3.8) is 0 Å². The topological polar surface area (TPSA) is 77.0 Å².